The van der Waals surface area contributed by atoms with Gasteiger partial charge in [-0.2, -0.15) is 0 Å². The molecule has 1 rings (SSSR count). The minimum Gasteiger partial charge on any atom is -0.368 e. The molecule has 1 heterocycles. The first-order chi connectivity index (χ1) is 8.42. The number of carbonyl (C=O) groups excluding carboxylic acids is 1. The van der Waals surface area contributed by atoms with Crippen LogP contribution in [0.3, 0.4) is 0 Å². The van der Waals surface area contributed by atoms with Gasteiger partial charge in [0.05, 0.1) is 5.54 Å². The van der Waals surface area contributed by atoms with Gasteiger partial charge in [0.1, 0.15) is 0 Å². The molecule has 0 bridgehead atoms. The highest BCUT2D eigenvalue weighted by molar-refractivity contribution is 5.83. The van der Waals surface area contributed by atoms with Crippen LogP contribution in [-0.2, 0) is 11.2 Å². The van der Waals surface area contributed by atoms with E-state index in [2.05, 4.69) is 9.88 Å². The molecule has 0 fully saturated rings. The fourth-order valence-corrected chi connectivity index (χ4v) is 1.53. The molecule has 5 heteroatoms. The Morgan fingerprint density at radius 1 is 1.39 bits per heavy atom. The van der Waals surface area contributed by atoms with Crippen LogP contribution in [-0.4, -0.2) is 41.5 Å². The summed E-state index contributed by atoms with van der Waals surface area (Å²) in [5.41, 5.74) is 11.4. The fraction of sp³-hybridized carbons (Fsp3) is 0.538. The first kappa shape index (κ1) is 14.6. The maximum atomic E-state index is 11.1. The van der Waals surface area contributed by atoms with Crippen LogP contribution in [0.1, 0.15) is 18.9 Å². The minimum absolute atomic E-state index is 0.454. The van der Waals surface area contributed by atoms with Gasteiger partial charge in [-0.25, -0.2) is 0 Å². The van der Waals surface area contributed by atoms with E-state index < -0.39 is 11.4 Å². The van der Waals surface area contributed by atoms with Crippen molar-refractivity contribution in [3.8, 4) is 0 Å². The van der Waals surface area contributed by atoms with Gasteiger partial charge >= 0.3 is 0 Å². The molecule has 4 N–H and O–H groups in total. The molecule has 0 aliphatic heterocycles. The standard InChI is InChI=1S/C13H22N4O/c1-13(15,12(14)18)6-10-17(2)9-5-11-3-7-16-8-4-11/h3-4,7-8H,5-6,9-10,15H2,1-2H3,(H2,14,18). The molecular formula is C13H22N4O. The Labute approximate surface area is 108 Å². The topological polar surface area (TPSA) is 85.2 Å². The van der Waals surface area contributed by atoms with Crippen LogP contribution in [0.25, 0.3) is 0 Å². The number of primary amides is 1. The number of hydrogen-bond acceptors (Lipinski definition) is 4. The SMILES string of the molecule is CN(CCc1ccncc1)CCC(C)(N)C(N)=O. The molecule has 0 aromatic carbocycles. The van der Waals surface area contributed by atoms with Crippen molar-refractivity contribution in [2.75, 3.05) is 20.1 Å². The lowest BCUT2D eigenvalue weighted by Gasteiger charge is -2.24. The molecule has 0 spiro atoms. The quantitative estimate of drug-likeness (QED) is 0.721. The third kappa shape index (κ3) is 4.81. The molecule has 0 saturated heterocycles. The zero-order valence-corrected chi connectivity index (χ0v) is 11.1. The predicted octanol–water partition coefficient (Wildman–Crippen LogP) is 0.149. The summed E-state index contributed by atoms with van der Waals surface area (Å²) in [6.45, 7) is 3.34. The van der Waals surface area contributed by atoms with Gasteiger partial charge in [-0.3, -0.25) is 9.78 Å². The Morgan fingerprint density at radius 2 is 2.00 bits per heavy atom. The van der Waals surface area contributed by atoms with Crippen molar-refractivity contribution in [3.05, 3.63) is 30.1 Å². The van der Waals surface area contributed by atoms with Crippen molar-refractivity contribution < 1.29 is 4.79 Å². The van der Waals surface area contributed by atoms with Crippen LogP contribution in [0.5, 0.6) is 0 Å². The first-order valence-electron chi connectivity index (χ1n) is 6.08. The molecule has 0 aliphatic rings. The number of carbonyl (C=O) groups is 1. The summed E-state index contributed by atoms with van der Waals surface area (Å²) in [4.78, 5) is 17.2. The van der Waals surface area contributed by atoms with Gasteiger partial charge in [-0.05, 0) is 44.5 Å². The molecule has 18 heavy (non-hydrogen) atoms. The number of aromatic nitrogens is 1. The summed E-state index contributed by atoms with van der Waals surface area (Å²) in [5, 5.41) is 0. The Balaban J connectivity index is 2.30. The number of likely N-dealkylation sites (N-methyl/N-ethyl adjacent to an activating group) is 1. The maximum absolute atomic E-state index is 11.1. The van der Waals surface area contributed by atoms with Crippen LogP contribution in [0, 0.1) is 0 Å². The Morgan fingerprint density at radius 3 is 2.56 bits per heavy atom. The number of nitrogens with two attached hydrogens (primary N) is 2. The smallest absolute Gasteiger partial charge is 0.237 e. The highest BCUT2D eigenvalue weighted by Crippen LogP contribution is 2.06. The molecule has 1 unspecified atom stereocenters. The van der Waals surface area contributed by atoms with E-state index in [1.54, 1.807) is 19.3 Å². The van der Waals surface area contributed by atoms with Crippen LogP contribution in [0.2, 0.25) is 0 Å². The number of hydrogen-bond donors (Lipinski definition) is 2. The molecule has 1 atom stereocenters. The number of nitrogens with zero attached hydrogens (tertiary/aromatic N) is 2. The molecule has 0 aliphatic carbocycles. The second-order valence-electron chi connectivity index (χ2n) is 4.94. The lowest BCUT2D eigenvalue weighted by Crippen LogP contribution is -2.51. The van der Waals surface area contributed by atoms with Gasteiger partial charge in [0.15, 0.2) is 0 Å². The maximum Gasteiger partial charge on any atom is 0.237 e. The second kappa shape index (κ2) is 6.47. The lowest BCUT2D eigenvalue weighted by molar-refractivity contribution is -0.122. The van der Waals surface area contributed by atoms with Crippen LogP contribution in [0.15, 0.2) is 24.5 Å². The van der Waals surface area contributed by atoms with Crippen molar-refractivity contribution in [2.45, 2.75) is 25.3 Å². The van der Waals surface area contributed by atoms with E-state index >= 15 is 0 Å². The van der Waals surface area contributed by atoms with Crippen molar-refractivity contribution in [1.82, 2.24) is 9.88 Å². The van der Waals surface area contributed by atoms with Gasteiger partial charge in [-0.15, -0.1) is 0 Å². The third-order valence-electron chi connectivity index (χ3n) is 3.11. The van der Waals surface area contributed by atoms with E-state index in [9.17, 15) is 4.79 Å². The number of rotatable bonds is 7. The van der Waals surface area contributed by atoms with E-state index in [1.807, 2.05) is 19.2 Å². The monoisotopic (exact) mass is 250 g/mol. The van der Waals surface area contributed by atoms with E-state index in [1.165, 1.54) is 5.56 Å². The zero-order valence-electron chi connectivity index (χ0n) is 11.1. The first-order valence-corrected chi connectivity index (χ1v) is 6.08. The summed E-state index contributed by atoms with van der Waals surface area (Å²) in [6.07, 6.45) is 5.10. The van der Waals surface area contributed by atoms with Gasteiger partial charge in [-0.1, -0.05) is 0 Å². The lowest BCUT2D eigenvalue weighted by atomic mass is 9.98. The predicted molar refractivity (Wildman–Crippen MR) is 71.8 cm³/mol. The molecule has 100 valence electrons. The molecule has 1 amide bonds. The van der Waals surface area contributed by atoms with Gasteiger partial charge < -0.3 is 16.4 Å². The van der Waals surface area contributed by atoms with Gasteiger partial charge in [0, 0.05) is 25.5 Å². The summed E-state index contributed by atoms with van der Waals surface area (Å²) < 4.78 is 0. The van der Waals surface area contributed by atoms with Crippen molar-refractivity contribution in [1.29, 1.82) is 0 Å². The molecule has 5 nitrogen and oxygen atoms in total. The molecule has 0 saturated carbocycles. The Bertz CT molecular complexity index is 378. The van der Waals surface area contributed by atoms with E-state index in [0.717, 1.165) is 19.5 Å². The molecule has 1 aromatic rings. The van der Waals surface area contributed by atoms with Gasteiger partial charge in [0.25, 0.3) is 0 Å². The number of amides is 1. The zero-order chi connectivity index (χ0) is 13.6. The number of pyridine rings is 1. The average Bonchev–Trinajstić information content (AvgIpc) is 2.35. The fourth-order valence-electron chi connectivity index (χ4n) is 1.53. The minimum atomic E-state index is -0.926. The summed E-state index contributed by atoms with van der Waals surface area (Å²) in [7, 11) is 2.01. The summed E-state index contributed by atoms with van der Waals surface area (Å²) >= 11 is 0. The van der Waals surface area contributed by atoms with E-state index in [4.69, 9.17) is 11.5 Å². The highest BCUT2D eigenvalue weighted by atomic mass is 16.1. The van der Waals surface area contributed by atoms with Crippen LogP contribution >= 0.6 is 0 Å². The third-order valence-corrected chi connectivity index (χ3v) is 3.11. The van der Waals surface area contributed by atoms with Crippen molar-refractivity contribution in [3.63, 3.8) is 0 Å². The van der Waals surface area contributed by atoms with Crippen molar-refractivity contribution in [2.24, 2.45) is 11.5 Å². The van der Waals surface area contributed by atoms with Crippen molar-refractivity contribution >= 4 is 5.91 Å². The highest BCUT2D eigenvalue weighted by Gasteiger charge is 2.25. The normalized spacial score (nSPS) is 14.4. The second-order valence-corrected chi connectivity index (χ2v) is 4.94. The average molecular weight is 250 g/mol. The van der Waals surface area contributed by atoms with E-state index in [0.29, 0.717) is 6.42 Å². The Hall–Kier alpha value is -1.46. The molecular weight excluding hydrogens is 228 g/mol. The van der Waals surface area contributed by atoms with E-state index in [-0.39, 0.29) is 0 Å². The summed E-state index contributed by atoms with van der Waals surface area (Å²) in [5.74, 6) is -0.454. The van der Waals surface area contributed by atoms with Crippen LogP contribution < -0.4 is 11.5 Å². The molecule has 1 aromatic heterocycles. The Kier molecular flexibility index (Phi) is 5.25. The largest absolute Gasteiger partial charge is 0.368 e. The van der Waals surface area contributed by atoms with Gasteiger partial charge in [0.2, 0.25) is 5.91 Å². The summed E-state index contributed by atoms with van der Waals surface area (Å²) in [6, 6.07) is 4.01. The molecule has 0 radical (unpaired) electrons. The van der Waals surface area contributed by atoms with Crippen LogP contribution in [0.4, 0.5) is 0 Å².